The predicted octanol–water partition coefficient (Wildman–Crippen LogP) is 2.81. The van der Waals surface area contributed by atoms with Gasteiger partial charge in [0.25, 0.3) is 0 Å². The Bertz CT molecular complexity index is 683. The summed E-state index contributed by atoms with van der Waals surface area (Å²) in [4.78, 5) is 12.0. The van der Waals surface area contributed by atoms with E-state index in [1.54, 1.807) is 6.92 Å². The molecule has 0 aliphatic heterocycles. The lowest BCUT2D eigenvalue weighted by molar-refractivity contribution is 0.0535. The van der Waals surface area contributed by atoms with Gasteiger partial charge in [0.15, 0.2) is 18.1 Å². The number of aromatic nitrogens is 2. The fraction of sp³-hybridized carbons (Fsp3) is 0.250. The molecule has 1 aromatic carbocycles. The van der Waals surface area contributed by atoms with Crippen molar-refractivity contribution in [2.75, 3.05) is 6.61 Å². The van der Waals surface area contributed by atoms with Crippen LogP contribution in [0.5, 0.6) is 0 Å². The van der Waals surface area contributed by atoms with E-state index in [0.29, 0.717) is 0 Å². The van der Waals surface area contributed by atoms with Crippen LogP contribution >= 0.6 is 0 Å². The van der Waals surface area contributed by atoms with Crippen LogP contribution in [0.25, 0.3) is 0 Å². The molecule has 21 heavy (non-hydrogen) atoms. The van der Waals surface area contributed by atoms with E-state index in [2.05, 4.69) is 16.9 Å². The lowest BCUT2D eigenvalue weighted by Crippen LogP contribution is -2.18. The van der Waals surface area contributed by atoms with E-state index in [4.69, 9.17) is 4.74 Å². The molecule has 0 radical (unpaired) electrons. The van der Waals surface area contributed by atoms with Gasteiger partial charge in [-0.15, -0.1) is 5.92 Å². The van der Waals surface area contributed by atoms with Crippen molar-refractivity contribution in [1.29, 1.82) is 0 Å². The van der Waals surface area contributed by atoms with Crippen molar-refractivity contribution < 1.29 is 13.9 Å². The van der Waals surface area contributed by atoms with Gasteiger partial charge in [-0.3, -0.25) is 0 Å². The summed E-state index contributed by atoms with van der Waals surface area (Å²) in [5, 5.41) is 3.95. The van der Waals surface area contributed by atoms with Crippen molar-refractivity contribution >= 4 is 5.97 Å². The van der Waals surface area contributed by atoms with Crippen molar-refractivity contribution in [3.05, 3.63) is 53.6 Å². The van der Waals surface area contributed by atoms with Gasteiger partial charge in [0, 0.05) is 0 Å². The Balaban J connectivity index is 2.29. The number of carbonyl (C=O) groups is 1. The number of ether oxygens (including phenoxy) is 1. The van der Waals surface area contributed by atoms with Crippen molar-refractivity contribution in [2.24, 2.45) is 0 Å². The molecule has 1 aromatic heterocycles. The van der Waals surface area contributed by atoms with Gasteiger partial charge >= 0.3 is 5.97 Å². The first kappa shape index (κ1) is 14.8. The Hall–Kier alpha value is -2.61. The van der Waals surface area contributed by atoms with Gasteiger partial charge < -0.3 is 4.74 Å². The van der Waals surface area contributed by atoms with Crippen LogP contribution < -0.4 is 0 Å². The summed E-state index contributed by atoms with van der Waals surface area (Å²) in [5.41, 5.74) is 0.729. The summed E-state index contributed by atoms with van der Waals surface area (Å²) >= 11 is 0. The quantitative estimate of drug-likeness (QED) is 0.641. The minimum Gasteiger partial charge on any atom is -0.448 e. The third kappa shape index (κ3) is 3.29. The molecule has 108 valence electrons. The number of nitrogens with zero attached hydrogens (tertiary/aromatic N) is 2. The first-order chi connectivity index (χ1) is 10.1. The zero-order valence-electron chi connectivity index (χ0n) is 11.8. The van der Waals surface area contributed by atoms with Gasteiger partial charge in [-0.05, 0) is 19.4 Å². The molecule has 4 nitrogen and oxygen atoms in total. The summed E-state index contributed by atoms with van der Waals surface area (Å²) in [5.74, 6) is 3.73. The predicted molar refractivity (Wildman–Crippen MR) is 76.2 cm³/mol. The molecule has 0 amide bonds. The van der Waals surface area contributed by atoms with Crippen LogP contribution in [0, 0.1) is 17.7 Å². The molecule has 0 unspecified atom stereocenters. The van der Waals surface area contributed by atoms with Crippen LogP contribution in [0.15, 0.2) is 36.5 Å². The first-order valence-electron chi connectivity index (χ1n) is 6.49. The van der Waals surface area contributed by atoms with E-state index in [-0.39, 0.29) is 18.3 Å². The molecule has 0 saturated carbocycles. The van der Waals surface area contributed by atoms with E-state index in [0.717, 1.165) is 11.8 Å². The normalized spacial score (nSPS) is 11.4. The minimum absolute atomic E-state index is 0.0698. The smallest absolute Gasteiger partial charge is 0.360 e. The molecule has 5 heteroatoms. The third-order valence-corrected chi connectivity index (χ3v) is 3.05. The molecule has 0 N–H and O–H groups in total. The van der Waals surface area contributed by atoms with E-state index >= 15 is 0 Å². The highest BCUT2D eigenvalue weighted by Crippen LogP contribution is 2.20. The van der Waals surface area contributed by atoms with Gasteiger partial charge in [0.2, 0.25) is 0 Å². The lowest BCUT2D eigenvalue weighted by Gasteiger charge is -2.15. The number of carbonyl (C=O) groups excluding carboxylic acids is 1. The van der Waals surface area contributed by atoms with Crippen molar-refractivity contribution in [1.82, 2.24) is 9.78 Å². The average molecular weight is 286 g/mol. The molecule has 1 heterocycles. The average Bonchev–Trinajstić information content (AvgIpc) is 2.89. The van der Waals surface area contributed by atoms with Crippen LogP contribution in [0.4, 0.5) is 4.39 Å². The number of esters is 1. The summed E-state index contributed by atoms with van der Waals surface area (Å²) in [7, 11) is 0. The number of halogens is 1. The van der Waals surface area contributed by atoms with E-state index < -0.39 is 11.8 Å². The topological polar surface area (TPSA) is 44.1 Å². The summed E-state index contributed by atoms with van der Waals surface area (Å²) in [6.45, 7) is 3.40. The molecule has 0 saturated heterocycles. The zero-order chi connectivity index (χ0) is 15.2. The fourth-order valence-corrected chi connectivity index (χ4v) is 1.94. The SMILES string of the molecule is CC#CCOC(=O)c1c(F)cnn1[C@H](C)c1ccccc1. The third-order valence-electron chi connectivity index (χ3n) is 3.05. The second-order valence-corrected chi connectivity index (χ2v) is 4.38. The molecule has 0 aliphatic rings. The maximum atomic E-state index is 13.8. The Morgan fingerprint density at radius 2 is 2.14 bits per heavy atom. The number of rotatable bonds is 4. The zero-order valence-corrected chi connectivity index (χ0v) is 11.8. The molecule has 1 atom stereocenters. The summed E-state index contributed by atoms with van der Waals surface area (Å²) in [6.07, 6.45) is 1.02. The molecule has 0 aliphatic carbocycles. The largest absolute Gasteiger partial charge is 0.448 e. The van der Waals surface area contributed by atoms with E-state index in [9.17, 15) is 9.18 Å². The molecule has 0 bridgehead atoms. The second-order valence-electron chi connectivity index (χ2n) is 4.38. The van der Waals surface area contributed by atoms with Crippen molar-refractivity contribution in [3.8, 4) is 11.8 Å². The van der Waals surface area contributed by atoms with Crippen LogP contribution in [-0.2, 0) is 4.74 Å². The Labute approximate surface area is 122 Å². The van der Waals surface area contributed by atoms with E-state index in [1.807, 2.05) is 37.3 Å². The standard InChI is InChI=1S/C16H15FN2O2/c1-3-4-10-21-16(20)15-14(17)11-18-19(15)12(2)13-8-6-5-7-9-13/h5-9,11-12H,10H2,1-2H3/t12-/m1/s1. The first-order valence-corrected chi connectivity index (χ1v) is 6.49. The second kappa shape index (κ2) is 6.71. The Morgan fingerprint density at radius 3 is 2.81 bits per heavy atom. The lowest BCUT2D eigenvalue weighted by atomic mass is 10.1. The molecule has 0 fully saturated rings. The van der Waals surface area contributed by atoms with Crippen LogP contribution in [0.2, 0.25) is 0 Å². The molecular weight excluding hydrogens is 271 g/mol. The van der Waals surface area contributed by atoms with Gasteiger partial charge in [-0.25, -0.2) is 13.9 Å². The molecule has 0 spiro atoms. The van der Waals surface area contributed by atoms with E-state index in [1.165, 1.54) is 4.68 Å². The van der Waals surface area contributed by atoms with Crippen LogP contribution in [-0.4, -0.2) is 22.4 Å². The van der Waals surface area contributed by atoms with Gasteiger partial charge in [-0.1, -0.05) is 36.3 Å². The van der Waals surface area contributed by atoms with Crippen molar-refractivity contribution in [2.45, 2.75) is 19.9 Å². The maximum absolute atomic E-state index is 13.8. The molecule has 2 aromatic rings. The molecule has 2 rings (SSSR count). The van der Waals surface area contributed by atoms with Crippen LogP contribution in [0.1, 0.15) is 35.9 Å². The fourth-order valence-electron chi connectivity index (χ4n) is 1.94. The number of hydrogen-bond acceptors (Lipinski definition) is 3. The number of hydrogen-bond donors (Lipinski definition) is 0. The highest BCUT2D eigenvalue weighted by Gasteiger charge is 2.23. The number of benzene rings is 1. The monoisotopic (exact) mass is 286 g/mol. The maximum Gasteiger partial charge on any atom is 0.360 e. The Morgan fingerprint density at radius 1 is 1.43 bits per heavy atom. The van der Waals surface area contributed by atoms with Gasteiger partial charge in [0.1, 0.15) is 0 Å². The Kier molecular flexibility index (Phi) is 4.72. The van der Waals surface area contributed by atoms with Gasteiger partial charge in [-0.2, -0.15) is 5.10 Å². The van der Waals surface area contributed by atoms with Gasteiger partial charge in [0.05, 0.1) is 12.2 Å². The highest BCUT2D eigenvalue weighted by atomic mass is 19.1. The van der Waals surface area contributed by atoms with Crippen molar-refractivity contribution in [3.63, 3.8) is 0 Å². The van der Waals surface area contributed by atoms with Crippen LogP contribution in [0.3, 0.4) is 0 Å². The summed E-state index contributed by atoms with van der Waals surface area (Å²) < 4.78 is 20.1. The minimum atomic E-state index is -0.768. The summed E-state index contributed by atoms with van der Waals surface area (Å²) in [6, 6.07) is 9.14. The highest BCUT2D eigenvalue weighted by molar-refractivity contribution is 5.88. The molecular formula is C16H15FN2O2.